The maximum absolute atomic E-state index is 11.9. The molecule has 0 bridgehead atoms. The second kappa shape index (κ2) is 7.99. The second-order valence-corrected chi connectivity index (χ2v) is 8.21. The molecule has 2 aromatic carbocycles. The van der Waals surface area contributed by atoms with Crippen LogP contribution in [-0.2, 0) is 0 Å². The first-order valence-electron chi connectivity index (χ1n) is 8.66. The van der Waals surface area contributed by atoms with Gasteiger partial charge in [0.1, 0.15) is 5.58 Å². The van der Waals surface area contributed by atoms with E-state index >= 15 is 0 Å². The highest BCUT2D eigenvalue weighted by Gasteiger charge is 2.10. The highest BCUT2D eigenvalue weighted by Crippen LogP contribution is 2.32. The lowest BCUT2D eigenvalue weighted by atomic mass is 10.0. The number of rotatable bonds is 4. The number of nitrogens with zero attached hydrogens (tertiary/aromatic N) is 2. The standard InChI is InChI=1S/C21H15Cl2N3O2S/c1-11-5-12(2)20-13(7-19(27)28-18(20)6-11)9-24-26-21-25-17(10-29-21)15-4-3-14(22)8-16(15)23/h3-10H,1-2H3,(H,25,26)/b24-9-. The molecule has 4 aromatic rings. The van der Waals surface area contributed by atoms with Crippen molar-refractivity contribution in [3.63, 3.8) is 0 Å². The monoisotopic (exact) mass is 443 g/mol. The number of hydrogen-bond acceptors (Lipinski definition) is 6. The van der Waals surface area contributed by atoms with E-state index < -0.39 is 5.63 Å². The number of aryl methyl sites for hydroxylation is 2. The van der Waals surface area contributed by atoms with E-state index in [2.05, 4.69) is 15.5 Å². The van der Waals surface area contributed by atoms with Crippen molar-refractivity contribution in [1.29, 1.82) is 0 Å². The fourth-order valence-electron chi connectivity index (χ4n) is 3.12. The Labute approximate surface area is 180 Å². The Morgan fingerprint density at radius 3 is 2.79 bits per heavy atom. The van der Waals surface area contributed by atoms with Crippen LogP contribution >= 0.6 is 34.5 Å². The highest BCUT2D eigenvalue weighted by atomic mass is 35.5. The highest BCUT2D eigenvalue weighted by molar-refractivity contribution is 7.14. The Kier molecular flexibility index (Phi) is 5.41. The van der Waals surface area contributed by atoms with Crippen molar-refractivity contribution in [3.05, 3.63) is 78.9 Å². The first kappa shape index (κ1) is 19.6. The lowest BCUT2D eigenvalue weighted by molar-refractivity contribution is 0.560. The molecule has 0 fully saturated rings. The molecule has 5 nitrogen and oxygen atoms in total. The molecular weight excluding hydrogens is 429 g/mol. The third-order valence-corrected chi connectivity index (χ3v) is 5.59. The fraction of sp³-hybridized carbons (Fsp3) is 0.0952. The largest absolute Gasteiger partial charge is 0.423 e. The maximum Gasteiger partial charge on any atom is 0.336 e. The Balaban J connectivity index is 1.60. The van der Waals surface area contributed by atoms with Gasteiger partial charge in [-0.25, -0.2) is 9.78 Å². The molecular formula is C21H15Cl2N3O2S. The quantitative estimate of drug-likeness (QED) is 0.228. The Morgan fingerprint density at radius 1 is 1.17 bits per heavy atom. The number of benzene rings is 2. The molecule has 2 aromatic heterocycles. The number of nitrogens with one attached hydrogen (secondary N) is 1. The summed E-state index contributed by atoms with van der Waals surface area (Å²) in [6.45, 7) is 3.94. The van der Waals surface area contributed by atoms with Gasteiger partial charge in [0.2, 0.25) is 5.13 Å². The SMILES string of the molecule is Cc1cc(C)c2c(/C=N\Nc3nc(-c4ccc(Cl)cc4Cl)cs3)cc(=O)oc2c1. The average molecular weight is 444 g/mol. The van der Waals surface area contributed by atoms with Gasteiger partial charge in [-0.2, -0.15) is 5.10 Å². The van der Waals surface area contributed by atoms with Crippen LogP contribution in [0.1, 0.15) is 16.7 Å². The number of aromatic nitrogens is 1. The van der Waals surface area contributed by atoms with Gasteiger partial charge in [-0.3, -0.25) is 5.43 Å². The average Bonchev–Trinajstić information content (AvgIpc) is 3.09. The molecule has 29 heavy (non-hydrogen) atoms. The van der Waals surface area contributed by atoms with E-state index in [1.54, 1.807) is 18.3 Å². The van der Waals surface area contributed by atoms with Crippen LogP contribution in [0.3, 0.4) is 0 Å². The van der Waals surface area contributed by atoms with Crippen LogP contribution in [0, 0.1) is 13.8 Å². The van der Waals surface area contributed by atoms with E-state index in [0.29, 0.717) is 26.3 Å². The molecule has 0 aliphatic heterocycles. The molecule has 0 spiro atoms. The number of fused-ring (bicyclic) bond motifs is 1. The van der Waals surface area contributed by atoms with Gasteiger partial charge in [0.15, 0.2) is 0 Å². The van der Waals surface area contributed by atoms with Gasteiger partial charge >= 0.3 is 5.63 Å². The van der Waals surface area contributed by atoms with Crippen LogP contribution < -0.4 is 11.1 Å². The van der Waals surface area contributed by atoms with Crippen molar-refractivity contribution in [2.24, 2.45) is 5.10 Å². The van der Waals surface area contributed by atoms with E-state index in [9.17, 15) is 4.79 Å². The van der Waals surface area contributed by atoms with E-state index in [1.807, 2.05) is 37.4 Å². The van der Waals surface area contributed by atoms with Gasteiger partial charge in [-0.15, -0.1) is 11.3 Å². The molecule has 0 aliphatic carbocycles. The lowest BCUT2D eigenvalue weighted by Gasteiger charge is -2.05. The molecule has 0 unspecified atom stereocenters. The molecule has 2 heterocycles. The normalized spacial score (nSPS) is 11.4. The Morgan fingerprint density at radius 2 is 2.00 bits per heavy atom. The minimum Gasteiger partial charge on any atom is -0.423 e. The molecule has 0 radical (unpaired) electrons. The van der Waals surface area contributed by atoms with Crippen molar-refractivity contribution < 1.29 is 4.42 Å². The van der Waals surface area contributed by atoms with Crippen LogP contribution in [0.4, 0.5) is 5.13 Å². The minimum absolute atomic E-state index is 0.419. The van der Waals surface area contributed by atoms with Crippen molar-refractivity contribution in [2.75, 3.05) is 5.43 Å². The summed E-state index contributed by atoms with van der Waals surface area (Å²) in [5.74, 6) is 0. The van der Waals surface area contributed by atoms with E-state index in [4.69, 9.17) is 27.6 Å². The summed E-state index contributed by atoms with van der Waals surface area (Å²) in [6.07, 6.45) is 1.60. The van der Waals surface area contributed by atoms with Crippen molar-refractivity contribution in [1.82, 2.24) is 4.98 Å². The van der Waals surface area contributed by atoms with E-state index in [1.165, 1.54) is 17.4 Å². The first-order valence-corrected chi connectivity index (χ1v) is 10.3. The minimum atomic E-state index is -0.419. The predicted molar refractivity (Wildman–Crippen MR) is 121 cm³/mol. The summed E-state index contributed by atoms with van der Waals surface area (Å²) in [6, 6.07) is 10.6. The summed E-state index contributed by atoms with van der Waals surface area (Å²) < 4.78 is 5.33. The topological polar surface area (TPSA) is 67.5 Å². The van der Waals surface area contributed by atoms with Gasteiger partial charge in [-0.1, -0.05) is 29.3 Å². The smallest absolute Gasteiger partial charge is 0.336 e. The zero-order valence-corrected chi connectivity index (χ0v) is 17.8. The number of anilines is 1. The number of thiazole rings is 1. The number of hydrazone groups is 1. The predicted octanol–water partition coefficient (Wildman–Crippen LogP) is 6.29. The molecule has 0 aliphatic rings. The Hall–Kier alpha value is -2.67. The van der Waals surface area contributed by atoms with Gasteiger partial charge in [0.25, 0.3) is 0 Å². The van der Waals surface area contributed by atoms with Gasteiger partial charge < -0.3 is 4.42 Å². The van der Waals surface area contributed by atoms with Crippen molar-refractivity contribution in [2.45, 2.75) is 13.8 Å². The zero-order chi connectivity index (χ0) is 20.5. The van der Waals surface area contributed by atoms with Crippen LogP contribution in [0.2, 0.25) is 10.0 Å². The third-order valence-electron chi connectivity index (χ3n) is 4.29. The van der Waals surface area contributed by atoms with Crippen molar-refractivity contribution >= 4 is 56.9 Å². The third kappa shape index (κ3) is 4.19. The summed E-state index contributed by atoms with van der Waals surface area (Å²) in [5, 5.41) is 8.69. The van der Waals surface area contributed by atoms with Gasteiger partial charge in [-0.05, 0) is 49.2 Å². The molecule has 1 N–H and O–H groups in total. The van der Waals surface area contributed by atoms with Gasteiger partial charge in [0, 0.05) is 33.0 Å². The summed E-state index contributed by atoms with van der Waals surface area (Å²) >= 11 is 13.6. The fourth-order valence-corrected chi connectivity index (χ4v) is 4.29. The molecule has 0 saturated carbocycles. The van der Waals surface area contributed by atoms with Crippen LogP contribution in [0.15, 0.2) is 56.1 Å². The van der Waals surface area contributed by atoms with Crippen LogP contribution in [0.25, 0.3) is 22.2 Å². The van der Waals surface area contributed by atoms with Crippen LogP contribution in [0.5, 0.6) is 0 Å². The molecule has 0 saturated heterocycles. The van der Waals surface area contributed by atoms with E-state index in [-0.39, 0.29) is 0 Å². The van der Waals surface area contributed by atoms with E-state index in [0.717, 1.165) is 27.8 Å². The summed E-state index contributed by atoms with van der Waals surface area (Å²) in [4.78, 5) is 16.4. The van der Waals surface area contributed by atoms with Crippen molar-refractivity contribution in [3.8, 4) is 11.3 Å². The first-order chi connectivity index (χ1) is 13.9. The number of hydrogen-bond donors (Lipinski definition) is 1. The zero-order valence-electron chi connectivity index (χ0n) is 15.5. The lowest BCUT2D eigenvalue weighted by Crippen LogP contribution is -2.02. The van der Waals surface area contributed by atoms with Gasteiger partial charge in [0.05, 0.1) is 16.9 Å². The molecule has 146 valence electrons. The maximum atomic E-state index is 11.9. The number of halogens is 2. The Bertz CT molecular complexity index is 1310. The summed E-state index contributed by atoms with van der Waals surface area (Å²) in [7, 11) is 0. The molecule has 4 rings (SSSR count). The van der Waals surface area contributed by atoms with Crippen LogP contribution in [-0.4, -0.2) is 11.2 Å². The second-order valence-electron chi connectivity index (χ2n) is 6.51. The molecule has 0 atom stereocenters. The summed E-state index contributed by atoms with van der Waals surface area (Å²) in [5.41, 5.74) is 7.28. The molecule has 8 heteroatoms. The molecule has 0 amide bonds.